The smallest absolute Gasteiger partial charge is 0.252 e. The predicted octanol–water partition coefficient (Wildman–Crippen LogP) is 1.83. The molecule has 6 nitrogen and oxygen atoms in total. The van der Waals surface area contributed by atoms with E-state index in [4.69, 9.17) is 10.7 Å². The Kier molecular flexibility index (Phi) is 4.03. The lowest BCUT2D eigenvalue weighted by molar-refractivity contribution is -0.122. The van der Waals surface area contributed by atoms with Crippen LogP contribution in [0.25, 0.3) is 10.9 Å². The van der Waals surface area contributed by atoms with Gasteiger partial charge in [-0.25, -0.2) is 4.98 Å². The highest BCUT2D eigenvalue weighted by Crippen LogP contribution is 2.27. The Labute approximate surface area is 146 Å². The zero-order chi connectivity index (χ0) is 17.4. The number of fused-ring (bicyclic) bond motifs is 1. The maximum absolute atomic E-state index is 12.7. The highest BCUT2D eigenvalue weighted by atomic mass is 16.2. The second kappa shape index (κ2) is 6.35. The molecule has 1 saturated carbocycles. The molecule has 1 aliphatic carbocycles. The first-order valence-corrected chi connectivity index (χ1v) is 8.87. The molecule has 0 atom stereocenters. The molecule has 2 aromatic rings. The molecule has 0 unspecified atom stereocenters. The van der Waals surface area contributed by atoms with Crippen LogP contribution in [0.15, 0.2) is 30.3 Å². The molecule has 1 aromatic heterocycles. The van der Waals surface area contributed by atoms with Crippen molar-refractivity contribution in [3.05, 3.63) is 35.9 Å². The van der Waals surface area contributed by atoms with Crippen LogP contribution < -0.4 is 16.0 Å². The van der Waals surface area contributed by atoms with Crippen LogP contribution >= 0.6 is 0 Å². The monoisotopic (exact) mass is 338 g/mol. The Morgan fingerprint density at radius 1 is 1.12 bits per heavy atom. The number of aromatic nitrogens is 1. The fourth-order valence-corrected chi connectivity index (χ4v) is 3.40. The van der Waals surface area contributed by atoms with E-state index in [1.807, 2.05) is 30.3 Å². The number of hydrogen-bond donors (Lipinski definition) is 2. The van der Waals surface area contributed by atoms with E-state index in [0.29, 0.717) is 11.6 Å². The Bertz CT molecular complexity index is 823. The molecule has 4 rings (SSSR count). The molecule has 0 radical (unpaired) electrons. The number of amides is 2. The number of primary amides is 1. The van der Waals surface area contributed by atoms with Gasteiger partial charge in [0.25, 0.3) is 5.91 Å². The third-order valence-corrected chi connectivity index (χ3v) is 5.08. The summed E-state index contributed by atoms with van der Waals surface area (Å²) in [5, 5.41) is 3.94. The maximum Gasteiger partial charge on any atom is 0.252 e. The van der Waals surface area contributed by atoms with E-state index in [9.17, 15) is 9.59 Å². The molecule has 6 heteroatoms. The van der Waals surface area contributed by atoms with Gasteiger partial charge in [0.2, 0.25) is 5.91 Å². The highest BCUT2D eigenvalue weighted by molar-refractivity contribution is 6.07. The first kappa shape index (κ1) is 15.9. The number of benzene rings is 1. The van der Waals surface area contributed by atoms with Crippen molar-refractivity contribution in [2.24, 2.45) is 11.7 Å². The molecule has 2 fully saturated rings. The van der Waals surface area contributed by atoms with Crippen LogP contribution in [0, 0.1) is 5.92 Å². The van der Waals surface area contributed by atoms with E-state index in [0.717, 1.165) is 55.5 Å². The number of nitrogens with one attached hydrogen (secondary N) is 1. The normalized spacial score (nSPS) is 18.3. The van der Waals surface area contributed by atoms with Crippen molar-refractivity contribution < 1.29 is 9.59 Å². The number of carbonyl (C=O) groups excluding carboxylic acids is 2. The molecule has 1 aromatic carbocycles. The maximum atomic E-state index is 12.7. The van der Waals surface area contributed by atoms with Crippen molar-refractivity contribution in [1.82, 2.24) is 10.3 Å². The molecule has 1 saturated heterocycles. The molecule has 0 spiro atoms. The summed E-state index contributed by atoms with van der Waals surface area (Å²) in [6, 6.07) is 9.92. The lowest BCUT2D eigenvalue weighted by Crippen LogP contribution is -2.39. The minimum absolute atomic E-state index is 0.0330. The molecule has 2 amide bonds. The van der Waals surface area contributed by atoms with Gasteiger partial charge in [-0.05, 0) is 37.8 Å². The largest absolute Gasteiger partial charge is 0.369 e. The van der Waals surface area contributed by atoms with Gasteiger partial charge >= 0.3 is 0 Å². The van der Waals surface area contributed by atoms with Gasteiger partial charge in [0.1, 0.15) is 5.82 Å². The number of pyridine rings is 1. The zero-order valence-corrected chi connectivity index (χ0v) is 14.1. The number of piperidine rings is 1. The van der Waals surface area contributed by atoms with Crippen LogP contribution in [-0.4, -0.2) is 35.9 Å². The summed E-state index contributed by atoms with van der Waals surface area (Å²) >= 11 is 0. The van der Waals surface area contributed by atoms with Crippen molar-refractivity contribution in [2.45, 2.75) is 31.7 Å². The first-order chi connectivity index (χ1) is 12.1. The van der Waals surface area contributed by atoms with Gasteiger partial charge in [-0.15, -0.1) is 0 Å². The Morgan fingerprint density at radius 3 is 2.52 bits per heavy atom. The number of nitrogens with zero attached hydrogens (tertiary/aromatic N) is 2. The quantitative estimate of drug-likeness (QED) is 0.890. The van der Waals surface area contributed by atoms with E-state index in [-0.39, 0.29) is 17.7 Å². The number of nitrogens with two attached hydrogens (primary N) is 1. The van der Waals surface area contributed by atoms with Crippen LogP contribution in [0.3, 0.4) is 0 Å². The first-order valence-electron chi connectivity index (χ1n) is 8.87. The van der Waals surface area contributed by atoms with Gasteiger partial charge in [-0.2, -0.15) is 0 Å². The average molecular weight is 338 g/mol. The van der Waals surface area contributed by atoms with Gasteiger partial charge in [0.05, 0.1) is 11.1 Å². The summed E-state index contributed by atoms with van der Waals surface area (Å²) in [7, 11) is 0. The SMILES string of the molecule is NC(=O)C1CCN(c2cc(C(=O)NC3CC3)c3ccccc3n2)CC1. The lowest BCUT2D eigenvalue weighted by atomic mass is 9.96. The predicted molar refractivity (Wildman–Crippen MR) is 96.4 cm³/mol. The topological polar surface area (TPSA) is 88.3 Å². The summed E-state index contributed by atoms with van der Waals surface area (Å²) in [6.07, 6.45) is 3.57. The number of anilines is 1. The van der Waals surface area contributed by atoms with Crippen molar-refractivity contribution >= 4 is 28.5 Å². The van der Waals surface area contributed by atoms with Gasteiger partial charge in [0.15, 0.2) is 0 Å². The number of rotatable bonds is 4. The second-order valence-corrected chi connectivity index (χ2v) is 6.96. The number of hydrogen-bond acceptors (Lipinski definition) is 4. The Morgan fingerprint density at radius 2 is 1.84 bits per heavy atom. The molecule has 2 heterocycles. The Hall–Kier alpha value is -2.63. The second-order valence-electron chi connectivity index (χ2n) is 6.96. The van der Waals surface area contributed by atoms with E-state index in [1.165, 1.54) is 0 Å². The van der Waals surface area contributed by atoms with Crippen molar-refractivity contribution in [2.75, 3.05) is 18.0 Å². The molecule has 25 heavy (non-hydrogen) atoms. The summed E-state index contributed by atoms with van der Waals surface area (Å²) < 4.78 is 0. The molecule has 2 aliphatic rings. The van der Waals surface area contributed by atoms with Crippen LogP contribution in [0.5, 0.6) is 0 Å². The van der Waals surface area contributed by atoms with E-state index in [1.54, 1.807) is 0 Å². The third-order valence-electron chi connectivity index (χ3n) is 5.08. The van der Waals surface area contributed by atoms with E-state index < -0.39 is 0 Å². The van der Waals surface area contributed by atoms with Crippen molar-refractivity contribution in [3.8, 4) is 0 Å². The molecule has 3 N–H and O–H groups in total. The molecular weight excluding hydrogens is 316 g/mol. The van der Waals surface area contributed by atoms with E-state index >= 15 is 0 Å². The van der Waals surface area contributed by atoms with Crippen LogP contribution in [-0.2, 0) is 4.79 Å². The average Bonchev–Trinajstić information content (AvgIpc) is 3.44. The van der Waals surface area contributed by atoms with Crippen molar-refractivity contribution in [3.63, 3.8) is 0 Å². The summed E-state index contributed by atoms with van der Waals surface area (Å²) in [6.45, 7) is 1.45. The molecule has 1 aliphatic heterocycles. The van der Waals surface area contributed by atoms with Crippen LogP contribution in [0.2, 0.25) is 0 Å². The minimum Gasteiger partial charge on any atom is -0.369 e. The van der Waals surface area contributed by atoms with Gasteiger partial charge in [-0.3, -0.25) is 9.59 Å². The highest BCUT2D eigenvalue weighted by Gasteiger charge is 2.27. The summed E-state index contributed by atoms with van der Waals surface area (Å²) in [5.41, 5.74) is 6.90. The van der Waals surface area contributed by atoms with Crippen LogP contribution in [0.1, 0.15) is 36.0 Å². The number of carbonyl (C=O) groups is 2. The van der Waals surface area contributed by atoms with Gasteiger partial charge < -0.3 is 16.0 Å². The number of para-hydroxylation sites is 1. The summed E-state index contributed by atoms with van der Waals surface area (Å²) in [5.74, 6) is 0.474. The van der Waals surface area contributed by atoms with Gasteiger partial charge in [-0.1, -0.05) is 18.2 Å². The molecular formula is C19H22N4O2. The fourth-order valence-electron chi connectivity index (χ4n) is 3.40. The lowest BCUT2D eigenvalue weighted by Gasteiger charge is -2.31. The third kappa shape index (κ3) is 3.29. The molecule has 130 valence electrons. The Balaban J connectivity index is 1.65. The summed E-state index contributed by atoms with van der Waals surface area (Å²) in [4.78, 5) is 30.9. The minimum atomic E-state index is -0.226. The standard InChI is InChI=1S/C19H22N4O2/c20-18(24)12-7-9-23(10-8-12)17-11-15(19(25)21-13-5-6-13)14-3-1-2-4-16(14)22-17/h1-4,11-13H,5-10H2,(H2,20,24)(H,21,25). The zero-order valence-electron chi connectivity index (χ0n) is 14.1. The van der Waals surface area contributed by atoms with E-state index in [2.05, 4.69) is 10.2 Å². The molecule has 0 bridgehead atoms. The van der Waals surface area contributed by atoms with Crippen molar-refractivity contribution in [1.29, 1.82) is 0 Å². The van der Waals surface area contributed by atoms with Gasteiger partial charge in [0, 0.05) is 30.4 Å². The van der Waals surface area contributed by atoms with Crippen LogP contribution in [0.4, 0.5) is 5.82 Å². The fraction of sp³-hybridized carbons (Fsp3) is 0.421.